The molecule has 0 radical (unpaired) electrons. The fourth-order valence-electron chi connectivity index (χ4n) is 2.44. The summed E-state index contributed by atoms with van der Waals surface area (Å²) >= 11 is 1.56. The summed E-state index contributed by atoms with van der Waals surface area (Å²) in [4.78, 5) is 4.41. The molecule has 0 aliphatic heterocycles. The van der Waals surface area contributed by atoms with Crippen LogP contribution < -0.4 is 0 Å². The van der Waals surface area contributed by atoms with E-state index in [0.717, 1.165) is 26.8 Å². The highest BCUT2D eigenvalue weighted by molar-refractivity contribution is 7.14. The SMILES string of the molecule is CC.CC(C)c1coc(-c2ccccc2)n1.CC(C)c1nnc(-c2ccc(F)cc2)s1. The van der Waals surface area contributed by atoms with Crippen molar-refractivity contribution in [3.8, 4) is 22.0 Å². The average Bonchev–Trinajstić information content (AvgIpc) is 3.47. The van der Waals surface area contributed by atoms with Gasteiger partial charge in [0.25, 0.3) is 0 Å². The van der Waals surface area contributed by atoms with Gasteiger partial charge in [0.1, 0.15) is 22.1 Å². The second-order valence-electron chi connectivity index (χ2n) is 7.21. The molecule has 2 aromatic heterocycles. The summed E-state index contributed by atoms with van der Waals surface area (Å²) in [7, 11) is 0. The van der Waals surface area contributed by atoms with Gasteiger partial charge in [-0.25, -0.2) is 9.37 Å². The second kappa shape index (κ2) is 12.1. The maximum absolute atomic E-state index is 12.7. The first kappa shape index (κ1) is 24.4. The minimum absolute atomic E-state index is 0.229. The zero-order chi connectivity index (χ0) is 22.8. The molecule has 0 saturated carbocycles. The predicted octanol–water partition coefficient (Wildman–Crippen LogP) is 7.96. The molecule has 2 heterocycles. The van der Waals surface area contributed by atoms with Crippen LogP contribution >= 0.6 is 11.3 Å². The van der Waals surface area contributed by atoms with Crippen LogP contribution in [0.5, 0.6) is 0 Å². The van der Waals surface area contributed by atoms with Gasteiger partial charge in [0, 0.05) is 17.0 Å². The largest absolute Gasteiger partial charge is 0.444 e. The van der Waals surface area contributed by atoms with Gasteiger partial charge in [-0.05, 0) is 42.3 Å². The summed E-state index contributed by atoms with van der Waals surface area (Å²) < 4.78 is 18.1. The first-order chi connectivity index (χ1) is 14.9. The molecule has 31 heavy (non-hydrogen) atoms. The number of hydrogen-bond donors (Lipinski definition) is 0. The van der Waals surface area contributed by atoms with Crippen LogP contribution in [0.2, 0.25) is 0 Å². The van der Waals surface area contributed by atoms with Crippen LogP contribution in [0, 0.1) is 5.82 Å². The maximum atomic E-state index is 12.7. The fourth-order valence-corrected chi connectivity index (χ4v) is 3.29. The van der Waals surface area contributed by atoms with Crippen molar-refractivity contribution in [2.24, 2.45) is 0 Å². The number of benzene rings is 2. The maximum Gasteiger partial charge on any atom is 0.226 e. The Hall–Kier alpha value is -2.86. The third-order valence-electron chi connectivity index (χ3n) is 4.16. The molecule has 0 fully saturated rings. The minimum Gasteiger partial charge on any atom is -0.444 e. The summed E-state index contributed by atoms with van der Waals surface area (Å²) in [6, 6.07) is 16.3. The lowest BCUT2D eigenvalue weighted by atomic mass is 10.1. The van der Waals surface area contributed by atoms with Gasteiger partial charge in [0.2, 0.25) is 5.89 Å². The van der Waals surface area contributed by atoms with E-state index < -0.39 is 0 Å². The van der Waals surface area contributed by atoms with Crippen LogP contribution in [0.3, 0.4) is 0 Å². The summed E-state index contributed by atoms with van der Waals surface area (Å²) in [6.07, 6.45) is 1.73. The summed E-state index contributed by atoms with van der Waals surface area (Å²) in [6.45, 7) is 12.4. The Morgan fingerprint density at radius 1 is 0.806 bits per heavy atom. The molecule has 0 aliphatic carbocycles. The molecule has 0 aliphatic rings. The molecule has 4 rings (SSSR count). The zero-order valence-corrected chi connectivity index (χ0v) is 19.8. The van der Waals surface area contributed by atoms with Crippen molar-refractivity contribution in [2.45, 2.75) is 53.4 Å². The van der Waals surface area contributed by atoms with E-state index in [-0.39, 0.29) is 5.82 Å². The third kappa shape index (κ3) is 7.10. The van der Waals surface area contributed by atoms with Crippen LogP contribution in [0.4, 0.5) is 4.39 Å². The van der Waals surface area contributed by atoms with Gasteiger partial charge in [-0.1, -0.05) is 71.1 Å². The lowest BCUT2D eigenvalue weighted by molar-refractivity contribution is 0.571. The molecule has 0 N–H and O–H groups in total. The smallest absolute Gasteiger partial charge is 0.226 e. The Labute approximate surface area is 188 Å². The van der Waals surface area contributed by atoms with Crippen LogP contribution in [-0.4, -0.2) is 15.2 Å². The molecule has 0 bridgehead atoms. The van der Waals surface area contributed by atoms with Crippen molar-refractivity contribution in [1.82, 2.24) is 15.2 Å². The highest BCUT2D eigenvalue weighted by atomic mass is 32.1. The normalized spacial score (nSPS) is 10.4. The summed E-state index contributed by atoms with van der Waals surface area (Å²) in [5.41, 5.74) is 2.95. The van der Waals surface area contributed by atoms with E-state index in [4.69, 9.17) is 4.42 Å². The Morgan fingerprint density at radius 2 is 1.45 bits per heavy atom. The number of nitrogens with zero attached hydrogens (tertiary/aromatic N) is 3. The van der Waals surface area contributed by atoms with Crippen molar-refractivity contribution in [3.05, 3.63) is 77.4 Å². The van der Waals surface area contributed by atoms with E-state index >= 15 is 0 Å². The van der Waals surface area contributed by atoms with Gasteiger partial charge < -0.3 is 4.42 Å². The van der Waals surface area contributed by atoms with Gasteiger partial charge >= 0.3 is 0 Å². The molecule has 6 heteroatoms. The Morgan fingerprint density at radius 3 is 1.97 bits per heavy atom. The van der Waals surface area contributed by atoms with Crippen molar-refractivity contribution >= 4 is 11.3 Å². The second-order valence-corrected chi connectivity index (χ2v) is 8.21. The Kier molecular flexibility index (Phi) is 9.53. The molecular weight excluding hydrogens is 409 g/mol. The van der Waals surface area contributed by atoms with Crippen molar-refractivity contribution in [3.63, 3.8) is 0 Å². The van der Waals surface area contributed by atoms with E-state index in [9.17, 15) is 4.39 Å². The number of rotatable bonds is 4. The monoisotopic (exact) mass is 439 g/mol. The molecule has 0 saturated heterocycles. The fraction of sp³-hybridized carbons (Fsp3) is 0.320. The van der Waals surface area contributed by atoms with E-state index in [1.165, 1.54) is 12.1 Å². The predicted molar refractivity (Wildman–Crippen MR) is 127 cm³/mol. The molecular formula is C25H30FN3OS. The van der Waals surface area contributed by atoms with Crippen LogP contribution in [0.15, 0.2) is 65.3 Å². The average molecular weight is 440 g/mol. The molecule has 4 aromatic rings. The van der Waals surface area contributed by atoms with E-state index in [1.54, 1.807) is 29.7 Å². The summed E-state index contributed by atoms with van der Waals surface area (Å²) in [5.74, 6) is 1.27. The first-order valence-electron chi connectivity index (χ1n) is 10.5. The molecule has 0 spiro atoms. The molecule has 2 aromatic carbocycles. The van der Waals surface area contributed by atoms with Crippen molar-refractivity contribution in [2.75, 3.05) is 0 Å². The van der Waals surface area contributed by atoms with Crippen LogP contribution in [0.1, 0.15) is 64.1 Å². The van der Waals surface area contributed by atoms with E-state index in [0.29, 0.717) is 17.7 Å². The first-order valence-corrected chi connectivity index (χ1v) is 11.4. The van der Waals surface area contributed by atoms with Crippen LogP contribution in [0.25, 0.3) is 22.0 Å². The number of halogens is 1. The van der Waals surface area contributed by atoms with E-state index in [2.05, 4.69) is 42.9 Å². The number of hydrogen-bond acceptors (Lipinski definition) is 5. The Balaban J connectivity index is 0.000000204. The molecule has 4 nitrogen and oxygen atoms in total. The minimum atomic E-state index is -0.229. The lowest BCUT2D eigenvalue weighted by Crippen LogP contribution is -1.86. The molecule has 0 unspecified atom stereocenters. The van der Waals surface area contributed by atoms with Gasteiger partial charge in [-0.2, -0.15) is 0 Å². The lowest BCUT2D eigenvalue weighted by Gasteiger charge is -1.95. The zero-order valence-electron chi connectivity index (χ0n) is 19.0. The van der Waals surface area contributed by atoms with Crippen molar-refractivity contribution in [1.29, 1.82) is 0 Å². The molecule has 164 valence electrons. The van der Waals surface area contributed by atoms with Gasteiger partial charge in [-0.3, -0.25) is 0 Å². The van der Waals surface area contributed by atoms with Crippen LogP contribution in [-0.2, 0) is 0 Å². The van der Waals surface area contributed by atoms with Gasteiger partial charge in [-0.15, -0.1) is 10.2 Å². The number of oxazole rings is 1. The quantitative estimate of drug-likeness (QED) is 0.324. The molecule has 0 atom stereocenters. The Bertz CT molecular complexity index is 1020. The third-order valence-corrected chi connectivity index (χ3v) is 5.43. The summed E-state index contributed by atoms with van der Waals surface area (Å²) in [5, 5.41) is 10.0. The number of aromatic nitrogens is 3. The van der Waals surface area contributed by atoms with Gasteiger partial charge in [0.15, 0.2) is 0 Å². The molecule has 0 amide bonds. The standard InChI is InChI=1S/C12H13NO.C11H11FN2S.C2H6/c1-9(2)11-8-14-12(13-11)10-6-4-3-5-7-10;1-7(2)10-13-14-11(15-10)8-3-5-9(12)6-4-8;1-2/h3-9H,1-2H3;3-7H,1-2H3;1-2H3. The van der Waals surface area contributed by atoms with E-state index in [1.807, 2.05) is 44.2 Å². The topological polar surface area (TPSA) is 51.8 Å². The highest BCUT2D eigenvalue weighted by Gasteiger charge is 2.09. The highest BCUT2D eigenvalue weighted by Crippen LogP contribution is 2.27. The van der Waals surface area contributed by atoms with Crippen molar-refractivity contribution < 1.29 is 8.81 Å². The van der Waals surface area contributed by atoms with Gasteiger partial charge in [0.05, 0.1) is 5.69 Å².